The lowest BCUT2D eigenvalue weighted by molar-refractivity contribution is 0.608. The Bertz CT molecular complexity index is 687. The van der Waals surface area contributed by atoms with E-state index in [0.29, 0.717) is 5.92 Å². The number of allylic oxidation sites excluding steroid dienone is 2. The van der Waals surface area contributed by atoms with Crippen LogP contribution in [0.4, 0.5) is 11.4 Å². The van der Waals surface area contributed by atoms with Crippen LogP contribution >= 0.6 is 47.8 Å². The van der Waals surface area contributed by atoms with Gasteiger partial charge in [0.25, 0.3) is 0 Å². The fourth-order valence-corrected chi connectivity index (χ4v) is 3.89. The van der Waals surface area contributed by atoms with Gasteiger partial charge >= 0.3 is 0 Å². The molecule has 1 nitrogen and oxygen atoms in total. The second-order valence-electron chi connectivity index (χ2n) is 5.58. The molecule has 4 heteroatoms. The normalized spacial score (nSPS) is 20.3. The molecule has 1 aliphatic rings. The molecule has 0 radical (unpaired) electrons. The summed E-state index contributed by atoms with van der Waals surface area (Å²) in [5, 5.41) is 0. The van der Waals surface area contributed by atoms with Gasteiger partial charge < -0.3 is 4.90 Å². The Morgan fingerprint density at radius 2 is 1.26 bits per heavy atom. The van der Waals surface area contributed by atoms with Crippen LogP contribution in [0.25, 0.3) is 0 Å². The maximum atomic E-state index is 3.58. The first-order valence-corrected chi connectivity index (χ1v) is 9.78. The van der Waals surface area contributed by atoms with Crippen LogP contribution in [-0.2, 0) is 0 Å². The van der Waals surface area contributed by atoms with Gasteiger partial charge in [0, 0.05) is 24.8 Å². The van der Waals surface area contributed by atoms with Gasteiger partial charge in [0.2, 0.25) is 0 Å². The summed E-state index contributed by atoms with van der Waals surface area (Å²) in [7, 11) is 0. The first-order valence-electron chi connectivity index (χ1n) is 7.40. The van der Waals surface area contributed by atoms with Gasteiger partial charge in [-0.15, -0.1) is 0 Å². The van der Waals surface area contributed by atoms with Crippen molar-refractivity contribution in [3.63, 3.8) is 0 Å². The molecule has 0 spiro atoms. The largest absolute Gasteiger partial charge is 0.334 e. The maximum Gasteiger partial charge on any atom is 0.0586 e. The molecule has 0 amide bonds. The van der Waals surface area contributed by atoms with E-state index >= 15 is 0 Å². The average molecular weight is 498 g/mol. The molecule has 2 unspecified atom stereocenters. The number of hydrogen-bond donors (Lipinski definition) is 0. The maximum absolute atomic E-state index is 3.58. The van der Waals surface area contributed by atoms with E-state index in [-0.39, 0.29) is 6.04 Å². The first-order chi connectivity index (χ1) is 11.0. The van der Waals surface area contributed by atoms with Crippen molar-refractivity contribution in [2.24, 2.45) is 5.92 Å². The number of nitrogens with zero attached hydrogens (tertiary/aromatic N) is 1. The third kappa shape index (κ3) is 3.98. The number of anilines is 2. The summed E-state index contributed by atoms with van der Waals surface area (Å²) in [5.74, 6) is 0.404. The van der Waals surface area contributed by atoms with Gasteiger partial charge in [0.05, 0.1) is 6.04 Å². The van der Waals surface area contributed by atoms with E-state index in [2.05, 4.69) is 126 Å². The molecule has 2 aromatic rings. The van der Waals surface area contributed by atoms with E-state index < -0.39 is 0 Å². The monoisotopic (exact) mass is 495 g/mol. The molecular weight excluding hydrogens is 482 g/mol. The Hall–Kier alpha value is -0.840. The summed E-state index contributed by atoms with van der Waals surface area (Å²) in [6, 6.07) is 17.2. The zero-order valence-electron chi connectivity index (χ0n) is 12.6. The summed E-state index contributed by atoms with van der Waals surface area (Å²) in [5.41, 5.74) is 2.37. The van der Waals surface area contributed by atoms with Gasteiger partial charge in [0.15, 0.2) is 0 Å². The van der Waals surface area contributed by atoms with E-state index in [4.69, 9.17) is 0 Å². The number of halogens is 3. The smallest absolute Gasteiger partial charge is 0.0586 e. The van der Waals surface area contributed by atoms with E-state index in [1.807, 2.05) is 0 Å². The zero-order valence-corrected chi connectivity index (χ0v) is 17.3. The van der Waals surface area contributed by atoms with Gasteiger partial charge in [-0.2, -0.15) is 0 Å². The first kappa shape index (κ1) is 17.0. The predicted octanol–water partition coefficient (Wildman–Crippen LogP) is 7.20. The minimum atomic E-state index is 0.277. The van der Waals surface area contributed by atoms with Crippen molar-refractivity contribution in [3.8, 4) is 0 Å². The minimum Gasteiger partial charge on any atom is -0.334 e. The number of hydrogen-bond acceptors (Lipinski definition) is 1. The van der Waals surface area contributed by atoms with Crippen molar-refractivity contribution in [1.82, 2.24) is 0 Å². The van der Waals surface area contributed by atoms with Crippen molar-refractivity contribution >= 4 is 59.2 Å². The summed E-state index contributed by atoms with van der Waals surface area (Å²) in [6.45, 7) is 2.25. The standard InChI is InChI=1S/C19H16Br3N/c1-13-12-16(22)6-11-19(13)23(17-7-2-14(20)3-8-17)18-9-4-15(21)5-10-18/h2-13,19H,1H3. The summed E-state index contributed by atoms with van der Waals surface area (Å²) < 4.78 is 3.33. The lowest BCUT2D eigenvalue weighted by Crippen LogP contribution is -2.35. The van der Waals surface area contributed by atoms with E-state index in [1.165, 1.54) is 11.4 Å². The highest BCUT2D eigenvalue weighted by Gasteiger charge is 2.25. The average Bonchev–Trinajstić information content (AvgIpc) is 2.53. The van der Waals surface area contributed by atoms with E-state index in [9.17, 15) is 0 Å². The van der Waals surface area contributed by atoms with Crippen LogP contribution in [0.2, 0.25) is 0 Å². The summed E-state index contributed by atoms with van der Waals surface area (Å²) in [6.07, 6.45) is 6.66. The van der Waals surface area contributed by atoms with Crippen LogP contribution in [0.15, 0.2) is 80.2 Å². The molecule has 0 bridgehead atoms. The SMILES string of the molecule is CC1C=C(Br)C=CC1N(c1ccc(Br)cc1)c1ccc(Br)cc1. The highest BCUT2D eigenvalue weighted by molar-refractivity contribution is 9.12. The molecule has 0 saturated heterocycles. The second kappa shape index (κ2) is 7.37. The van der Waals surface area contributed by atoms with Crippen molar-refractivity contribution in [2.75, 3.05) is 4.90 Å². The van der Waals surface area contributed by atoms with Gasteiger partial charge in [-0.3, -0.25) is 0 Å². The molecule has 1 aliphatic carbocycles. The Morgan fingerprint density at radius 1 is 0.783 bits per heavy atom. The molecule has 23 heavy (non-hydrogen) atoms. The molecule has 3 rings (SSSR count). The number of benzene rings is 2. The molecule has 118 valence electrons. The topological polar surface area (TPSA) is 3.24 Å². The lowest BCUT2D eigenvalue weighted by Gasteiger charge is -2.36. The Morgan fingerprint density at radius 3 is 1.70 bits per heavy atom. The van der Waals surface area contributed by atoms with Crippen LogP contribution in [0.1, 0.15) is 6.92 Å². The third-order valence-corrected chi connectivity index (χ3v) is 5.51. The fraction of sp³-hybridized carbons (Fsp3) is 0.158. The quantitative estimate of drug-likeness (QED) is 0.433. The number of rotatable bonds is 3. The highest BCUT2D eigenvalue weighted by Crippen LogP contribution is 2.35. The Kier molecular flexibility index (Phi) is 5.45. The van der Waals surface area contributed by atoms with Crippen molar-refractivity contribution in [2.45, 2.75) is 13.0 Å². The molecule has 0 aliphatic heterocycles. The lowest BCUT2D eigenvalue weighted by atomic mass is 9.94. The molecule has 0 saturated carbocycles. The summed E-state index contributed by atoms with van der Waals surface area (Å²) in [4.78, 5) is 2.38. The van der Waals surface area contributed by atoms with Crippen molar-refractivity contribution in [1.29, 1.82) is 0 Å². The Labute approximate surface area is 162 Å². The molecule has 0 fully saturated rings. The molecule has 0 aromatic heterocycles. The molecule has 2 aromatic carbocycles. The van der Waals surface area contributed by atoms with Gasteiger partial charge in [-0.25, -0.2) is 0 Å². The van der Waals surface area contributed by atoms with E-state index in [0.717, 1.165) is 13.4 Å². The minimum absolute atomic E-state index is 0.277. The third-order valence-electron chi connectivity index (χ3n) is 3.92. The van der Waals surface area contributed by atoms with Gasteiger partial charge in [0.1, 0.15) is 0 Å². The second-order valence-corrected chi connectivity index (χ2v) is 8.33. The van der Waals surface area contributed by atoms with Gasteiger partial charge in [-0.1, -0.05) is 72.9 Å². The highest BCUT2D eigenvalue weighted by atomic mass is 79.9. The summed E-state index contributed by atoms with van der Waals surface area (Å²) >= 11 is 10.6. The van der Waals surface area contributed by atoms with Crippen LogP contribution < -0.4 is 4.90 Å². The Balaban J connectivity index is 2.05. The molecular formula is C19H16Br3N. The fourth-order valence-electron chi connectivity index (χ4n) is 2.79. The van der Waals surface area contributed by atoms with Gasteiger partial charge in [-0.05, 0) is 54.4 Å². The van der Waals surface area contributed by atoms with E-state index in [1.54, 1.807) is 0 Å². The molecule has 0 N–H and O–H groups in total. The van der Waals surface area contributed by atoms with Crippen LogP contribution in [0, 0.1) is 5.92 Å². The molecule has 2 atom stereocenters. The van der Waals surface area contributed by atoms with Crippen LogP contribution in [0.3, 0.4) is 0 Å². The van der Waals surface area contributed by atoms with Crippen LogP contribution in [0.5, 0.6) is 0 Å². The zero-order chi connectivity index (χ0) is 16.4. The molecule has 0 heterocycles. The van der Waals surface area contributed by atoms with Crippen molar-refractivity contribution in [3.05, 3.63) is 80.2 Å². The van der Waals surface area contributed by atoms with Crippen LogP contribution in [-0.4, -0.2) is 6.04 Å². The predicted molar refractivity (Wildman–Crippen MR) is 110 cm³/mol. The van der Waals surface area contributed by atoms with Crippen molar-refractivity contribution < 1.29 is 0 Å².